The van der Waals surface area contributed by atoms with Crippen molar-refractivity contribution in [2.24, 2.45) is 0 Å². The van der Waals surface area contributed by atoms with Crippen LogP contribution in [-0.4, -0.2) is 31.0 Å². The summed E-state index contributed by atoms with van der Waals surface area (Å²) in [6.07, 6.45) is 5.79. The number of nitriles is 1. The molecule has 1 aliphatic heterocycles. The normalized spacial score (nSPS) is 16.1. The molecule has 1 saturated carbocycles. The number of benzene rings is 3. The third kappa shape index (κ3) is 4.74. The van der Waals surface area contributed by atoms with Gasteiger partial charge in [0.2, 0.25) is 0 Å². The molecule has 1 aromatic heterocycles. The summed E-state index contributed by atoms with van der Waals surface area (Å²) < 4.78 is 19.4. The average Bonchev–Trinajstić information content (AvgIpc) is 3.69. The second kappa shape index (κ2) is 10.3. The van der Waals surface area contributed by atoms with Crippen molar-refractivity contribution >= 4 is 47.4 Å². The Hall–Kier alpha value is -4.46. The molecule has 11 heteroatoms. The van der Waals surface area contributed by atoms with Gasteiger partial charge in [0.05, 0.1) is 45.7 Å². The summed E-state index contributed by atoms with van der Waals surface area (Å²) in [5.41, 5.74) is 10.3. The van der Waals surface area contributed by atoms with Crippen LogP contribution in [0.2, 0.25) is 5.02 Å². The molecule has 4 aromatic rings. The van der Waals surface area contributed by atoms with Gasteiger partial charge in [-0.1, -0.05) is 35.9 Å². The van der Waals surface area contributed by atoms with E-state index in [1.807, 2.05) is 44.4 Å². The zero-order valence-corrected chi connectivity index (χ0v) is 22.7. The zero-order valence-electron chi connectivity index (χ0n) is 21.9. The first-order valence-electron chi connectivity index (χ1n) is 12.9. The monoisotopic (exact) mass is 553 g/mol. The Balaban J connectivity index is 1.46. The number of ether oxygens (including phenoxy) is 1. The molecule has 0 bridgehead atoms. The van der Waals surface area contributed by atoms with E-state index in [0.29, 0.717) is 50.3 Å². The van der Waals surface area contributed by atoms with Crippen LogP contribution in [0.3, 0.4) is 0 Å². The molecule has 6 rings (SSSR count). The molecule has 1 aliphatic carbocycles. The summed E-state index contributed by atoms with van der Waals surface area (Å²) in [4.78, 5) is 4.48. The molecule has 2 aliphatic rings. The number of nitrogens with one attached hydrogen (secondary N) is 4. The summed E-state index contributed by atoms with van der Waals surface area (Å²) in [7, 11) is 3.61. The average molecular weight is 554 g/mol. The fraction of sp³-hybridized carbons (Fsp3) is 0.172. The number of nitrogens with zero attached hydrogens (tertiary/aromatic N) is 3. The first kappa shape index (κ1) is 25.8. The summed E-state index contributed by atoms with van der Waals surface area (Å²) >= 11 is 6.78. The Bertz CT molecular complexity index is 1670. The van der Waals surface area contributed by atoms with Crippen molar-refractivity contribution in [2.75, 3.05) is 17.7 Å². The van der Waals surface area contributed by atoms with Gasteiger partial charge in [-0.15, -0.1) is 5.53 Å². The number of rotatable bonds is 8. The van der Waals surface area contributed by atoms with Gasteiger partial charge in [-0.05, 0) is 54.8 Å². The van der Waals surface area contributed by atoms with E-state index in [-0.39, 0.29) is 5.82 Å². The number of para-hydroxylation sites is 2. The van der Waals surface area contributed by atoms with Crippen LogP contribution in [0, 0.1) is 17.1 Å². The summed E-state index contributed by atoms with van der Waals surface area (Å²) in [6, 6.07) is 20.3. The molecule has 4 N–H and O–H groups in total. The second-order valence-electron chi connectivity index (χ2n) is 10.0. The number of hydrazine groups is 2. The molecule has 0 saturated heterocycles. The number of fused-ring (bicyclic) bond motifs is 1. The summed E-state index contributed by atoms with van der Waals surface area (Å²) in [5.74, 6) is 0.320. The highest BCUT2D eigenvalue weighted by Crippen LogP contribution is 2.39. The molecule has 3 aromatic carbocycles. The Kier molecular flexibility index (Phi) is 6.62. The Morgan fingerprint density at radius 3 is 2.70 bits per heavy atom. The van der Waals surface area contributed by atoms with Crippen LogP contribution in [0.1, 0.15) is 24.0 Å². The largest absolute Gasteiger partial charge is 0.495 e. The minimum absolute atomic E-state index is 0.312. The van der Waals surface area contributed by atoms with E-state index in [2.05, 4.69) is 37.7 Å². The number of hydrogen-bond acceptors (Lipinski definition) is 8. The molecule has 1 atom stereocenters. The van der Waals surface area contributed by atoms with Crippen LogP contribution >= 0.6 is 11.6 Å². The Morgan fingerprint density at radius 2 is 1.98 bits per heavy atom. The van der Waals surface area contributed by atoms with Gasteiger partial charge in [0.1, 0.15) is 25.5 Å². The van der Waals surface area contributed by atoms with Crippen molar-refractivity contribution in [2.45, 2.75) is 24.3 Å². The van der Waals surface area contributed by atoms with Crippen LogP contribution in [0.4, 0.5) is 21.5 Å². The fourth-order valence-electron chi connectivity index (χ4n) is 4.93. The van der Waals surface area contributed by atoms with Gasteiger partial charge in [-0.3, -0.25) is 9.99 Å². The minimum atomic E-state index is -0.794. The van der Waals surface area contributed by atoms with E-state index in [1.54, 1.807) is 25.3 Å². The van der Waals surface area contributed by atoms with Crippen LogP contribution in [-0.2, 0) is 5.44 Å². The van der Waals surface area contributed by atoms with Crippen LogP contribution in [0.25, 0.3) is 10.9 Å². The number of methoxy groups -OCH3 is 1. The highest BCUT2D eigenvalue weighted by atomic mass is 35.5. The fourth-order valence-corrected chi connectivity index (χ4v) is 5.20. The maximum atomic E-state index is 13.9. The quantitative estimate of drug-likeness (QED) is 0.229. The van der Waals surface area contributed by atoms with Crippen LogP contribution < -0.4 is 26.3 Å². The molecule has 200 valence electrons. The van der Waals surface area contributed by atoms with Gasteiger partial charge < -0.3 is 20.8 Å². The van der Waals surface area contributed by atoms with Gasteiger partial charge in [0, 0.05) is 29.5 Å². The van der Waals surface area contributed by atoms with Crippen molar-refractivity contribution < 1.29 is 9.13 Å². The van der Waals surface area contributed by atoms with Crippen molar-refractivity contribution in [3.63, 3.8) is 0 Å². The van der Waals surface area contributed by atoms with Crippen molar-refractivity contribution in [3.05, 3.63) is 101 Å². The number of hydrogen-bond donors (Lipinski definition) is 4. The lowest BCUT2D eigenvalue weighted by molar-refractivity contribution is 0.260. The number of pyridine rings is 1. The molecule has 40 heavy (non-hydrogen) atoms. The second-order valence-corrected chi connectivity index (χ2v) is 10.4. The van der Waals surface area contributed by atoms with Gasteiger partial charge in [0.25, 0.3) is 0 Å². The molecule has 2 heterocycles. The molecular weight excluding hydrogens is 528 g/mol. The predicted molar refractivity (Wildman–Crippen MR) is 157 cm³/mol. The van der Waals surface area contributed by atoms with Gasteiger partial charge in [-0.25, -0.2) is 4.39 Å². The van der Waals surface area contributed by atoms with Crippen molar-refractivity contribution in [3.8, 4) is 11.8 Å². The SMILES string of the molecule is BC(Nc1cc(Cl)c2ncc(C#N)c(Nc3ccccc3OC)c2c1)(C1=CN(C2CC2)NN1)c1ccc(F)cc1. The number of halogens is 2. The topological polar surface area (TPSA) is 97.3 Å². The highest BCUT2D eigenvalue weighted by molar-refractivity contribution is 6.36. The lowest BCUT2D eigenvalue weighted by Crippen LogP contribution is -2.45. The van der Waals surface area contributed by atoms with Gasteiger partial charge in [-0.2, -0.15) is 5.26 Å². The third-order valence-electron chi connectivity index (χ3n) is 7.29. The zero-order chi connectivity index (χ0) is 27.9. The minimum Gasteiger partial charge on any atom is -0.495 e. The lowest BCUT2D eigenvalue weighted by atomic mass is 9.69. The lowest BCUT2D eigenvalue weighted by Gasteiger charge is -2.34. The number of anilines is 3. The first-order chi connectivity index (χ1) is 19.4. The number of aromatic nitrogens is 1. The standard InChI is InChI=1S/C29H26BClFN7O/c1-40-25-5-3-2-4-24(25)35-27-17(14-33)15-34-28-22(27)12-20(13-23(28)31)36-29(30,18-6-8-19(32)9-7-18)26-16-39(38-37-26)21-10-11-21/h2-9,12-13,15-16,21,36-38H,10-11,30H2,1H3,(H,34,35). The first-order valence-corrected chi connectivity index (χ1v) is 13.3. The van der Waals surface area contributed by atoms with E-state index < -0.39 is 5.44 Å². The van der Waals surface area contributed by atoms with Gasteiger partial charge >= 0.3 is 0 Å². The van der Waals surface area contributed by atoms with E-state index >= 15 is 0 Å². The Labute approximate surface area is 237 Å². The van der Waals surface area contributed by atoms with Crippen LogP contribution in [0.15, 0.2) is 78.8 Å². The van der Waals surface area contributed by atoms with E-state index in [9.17, 15) is 9.65 Å². The van der Waals surface area contributed by atoms with Crippen molar-refractivity contribution in [1.29, 1.82) is 5.26 Å². The molecular formula is C29H26BClFN7O. The molecule has 1 fully saturated rings. The van der Waals surface area contributed by atoms with E-state index in [1.165, 1.54) is 18.3 Å². The molecule has 0 amide bonds. The maximum Gasteiger partial charge on any atom is 0.148 e. The molecule has 0 radical (unpaired) electrons. The smallest absolute Gasteiger partial charge is 0.148 e. The molecule has 0 spiro atoms. The Morgan fingerprint density at radius 1 is 1.20 bits per heavy atom. The van der Waals surface area contributed by atoms with Crippen LogP contribution in [0.5, 0.6) is 5.75 Å². The molecule has 8 nitrogen and oxygen atoms in total. The summed E-state index contributed by atoms with van der Waals surface area (Å²) in [6.45, 7) is 0. The summed E-state index contributed by atoms with van der Waals surface area (Å²) in [5, 5.41) is 20.1. The van der Waals surface area contributed by atoms with Crippen molar-refractivity contribution in [1.82, 2.24) is 21.0 Å². The van der Waals surface area contributed by atoms with E-state index in [0.717, 1.165) is 24.1 Å². The van der Waals surface area contributed by atoms with E-state index in [4.69, 9.17) is 16.3 Å². The maximum absolute atomic E-state index is 13.9. The predicted octanol–water partition coefficient (Wildman–Crippen LogP) is 4.88. The van der Waals surface area contributed by atoms with Gasteiger partial charge in [0.15, 0.2) is 0 Å². The third-order valence-corrected chi connectivity index (χ3v) is 7.58. The highest BCUT2D eigenvalue weighted by Gasteiger charge is 2.38. The molecule has 1 unspecified atom stereocenters.